The third-order valence-electron chi connectivity index (χ3n) is 1.88. The number of alkyl halides is 1. The van der Waals surface area contributed by atoms with E-state index in [9.17, 15) is 4.79 Å². The number of aromatic nitrogens is 1. The van der Waals surface area contributed by atoms with Gasteiger partial charge in [-0.15, -0.1) is 11.3 Å². The Labute approximate surface area is 94.0 Å². The quantitative estimate of drug-likeness (QED) is 0.778. The highest BCUT2D eigenvalue weighted by atomic mass is 79.9. The molecule has 1 aliphatic heterocycles. The maximum Gasteiger partial charge on any atom is 0.416 e. The largest absolute Gasteiger partial charge is 0.443 e. The van der Waals surface area contributed by atoms with Crippen LogP contribution in [0.25, 0.3) is 0 Å². The molecule has 0 saturated carbocycles. The van der Waals surface area contributed by atoms with Crippen molar-refractivity contribution in [1.82, 2.24) is 4.98 Å². The molecule has 1 amide bonds. The number of aryl methyl sites for hydroxylation is 1. The zero-order chi connectivity index (χ0) is 10.1. The number of nitrogens with zero attached hydrogens (tertiary/aromatic N) is 2. The maximum atomic E-state index is 11.4. The van der Waals surface area contributed by atoms with E-state index in [1.54, 1.807) is 4.90 Å². The van der Waals surface area contributed by atoms with Gasteiger partial charge in [-0.2, -0.15) is 0 Å². The molecule has 14 heavy (non-hydrogen) atoms. The number of ether oxygens (including phenoxy) is 1. The lowest BCUT2D eigenvalue weighted by Gasteiger charge is -2.06. The van der Waals surface area contributed by atoms with Crippen LogP contribution in [0.3, 0.4) is 0 Å². The fourth-order valence-corrected chi connectivity index (χ4v) is 2.36. The number of thiazole rings is 1. The molecule has 1 fully saturated rings. The average Bonchev–Trinajstić information content (AvgIpc) is 2.71. The zero-order valence-electron chi connectivity index (χ0n) is 7.57. The first-order valence-corrected chi connectivity index (χ1v) is 6.17. The Bertz CT molecular complexity index is 355. The van der Waals surface area contributed by atoms with Crippen molar-refractivity contribution in [3.05, 3.63) is 11.1 Å². The van der Waals surface area contributed by atoms with E-state index in [2.05, 4.69) is 20.9 Å². The van der Waals surface area contributed by atoms with Gasteiger partial charge in [-0.25, -0.2) is 14.7 Å². The highest BCUT2D eigenvalue weighted by Gasteiger charge is 2.33. The molecule has 1 saturated heterocycles. The number of hydrogen-bond donors (Lipinski definition) is 0. The SMILES string of the molecule is Cc1csc(N2CC(CBr)OC2=O)n1. The lowest BCUT2D eigenvalue weighted by molar-refractivity contribution is 0.152. The second kappa shape index (κ2) is 3.86. The second-order valence-corrected chi connectivity index (χ2v) is 4.53. The molecule has 1 aliphatic rings. The molecule has 0 radical (unpaired) electrons. The molecule has 0 bridgehead atoms. The summed E-state index contributed by atoms with van der Waals surface area (Å²) < 4.78 is 5.09. The lowest BCUT2D eigenvalue weighted by atomic mass is 10.4. The molecule has 2 rings (SSSR count). The van der Waals surface area contributed by atoms with Crippen LogP contribution in [-0.2, 0) is 4.74 Å². The van der Waals surface area contributed by atoms with Gasteiger partial charge in [0.05, 0.1) is 12.2 Å². The van der Waals surface area contributed by atoms with E-state index in [1.807, 2.05) is 12.3 Å². The highest BCUT2D eigenvalue weighted by Crippen LogP contribution is 2.25. The van der Waals surface area contributed by atoms with E-state index in [0.717, 1.165) is 10.8 Å². The third-order valence-corrected chi connectivity index (χ3v) is 3.59. The molecule has 1 atom stereocenters. The van der Waals surface area contributed by atoms with Crippen molar-refractivity contribution < 1.29 is 9.53 Å². The molecule has 0 spiro atoms. The van der Waals surface area contributed by atoms with Crippen LogP contribution in [0.15, 0.2) is 5.38 Å². The lowest BCUT2D eigenvalue weighted by Crippen LogP contribution is -2.24. The summed E-state index contributed by atoms with van der Waals surface area (Å²) in [6, 6.07) is 0. The average molecular weight is 277 g/mol. The summed E-state index contributed by atoms with van der Waals surface area (Å²) in [5.74, 6) is 0. The molecular formula is C8H9BrN2O2S. The Morgan fingerprint density at radius 2 is 2.64 bits per heavy atom. The van der Waals surface area contributed by atoms with E-state index in [-0.39, 0.29) is 12.2 Å². The molecule has 1 aromatic rings. The van der Waals surface area contributed by atoms with Crippen LogP contribution in [0, 0.1) is 6.92 Å². The van der Waals surface area contributed by atoms with Crippen molar-refractivity contribution in [1.29, 1.82) is 0 Å². The van der Waals surface area contributed by atoms with E-state index in [1.165, 1.54) is 11.3 Å². The van der Waals surface area contributed by atoms with E-state index >= 15 is 0 Å². The zero-order valence-corrected chi connectivity index (χ0v) is 9.97. The Balaban J connectivity index is 2.16. The van der Waals surface area contributed by atoms with Gasteiger partial charge in [0.2, 0.25) is 0 Å². The molecular weight excluding hydrogens is 268 g/mol. The summed E-state index contributed by atoms with van der Waals surface area (Å²) in [5, 5.41) is 3.31. The normalized spacial score (nSPS) is 21.4. The van der Waals surface area contributed by atoms with Crippen molar-refractivity contribution in [2.75, 3.05) is 16.8 Å². The van der Waals surface area contributed by atoms with Gasteiger partial charge in [0, 0.05) is 10.7 Å². The van der Waals surface area contributed by atoms with Gasteiger partial charge in [0.15, 0.2) is 5.13 Å². The summed E-state index contributed by atoms with van der Waals surface area (Å²) in [6.45, 7) is 2.49. The van der Waals surface area contributed by atoms with Gasteiger partial charge in [-0.1, -0.05) is 15.9 Å². The van der Waals surface area contributed by atoms with Crippen LogP contribution in [0.4, 0.5) is 9.93 Å². The molecule has 0 N–H and O–H groups in total. The molecule has 6 heteroatoms. The number of carbonyl (C=O) groups is 1. The van der Waals surface area contributed by atoms with Gasteiger partial charge in [-0.3, -0.25) is 0 Å². The fraction of sp³-hybridized carbons (Fsp3) is 0.500. The minimum absolute atomic E-state index is 0.0632. The van der Waals surface area contributed by atoms with Gasteiger partial charge in [0.25, 0.3) is 0 Å². The fourth-order valence-electron chi connectivity index (χ4n) is 1.22. The molecule has 1 unspecified atom stereocenters. The summed E-state index contributed by atoms with van der Waals surface area (Å²) in [6.07, 6.45) is -0.365. The molecule has 0 aromatic carbocycles. The number of cyclic esters (lactones) is 1. The summed E-state index contributed by atoms with van der Waals surface area (Å²) in [5.41, 5.74) is 0.931. The van der Waals surface area contributed by atoms with Crippen molar-refractivity contribution in [2.24, 2.45) is 0 Å². The van der Waals surface area contributed by atoms with Crippen LogP contribution < -0.4 is 4.90 Å². The molecule has 4 nitrogen and oxygen atoms in total. The molecule has 1 aromatic heterocycles. The van der Waals surface area contributed by atoms with Crippen LogP contribution >= 0.6 is 27.3 Å². The topological polar surface area (TPSA) is 42.4 Å². The van der Waals surface area contributed by atoms with Crippen molar-refractivity contribution in [3.8, 4) is 0 Å². The number of amides is 1. The minimum Gasteiger partial charge on any atom is -0.443 e. The van der Waals surface area contributed by atoms with E-state index in [4.69, 9.17) is 4.74 Å². The standard InChI is InChI=1S/C8H9BrN2O2S/c1-5-4-14-7(10-5)11-3-6(2-9)13-8(11)12/h4,6H,2-3H2,1H3. The predicted molar refractivity (Wildman–Crippen MR) is 58.3 cm³/mol. The number of rotatable bonds is 2. The number of anilines is 1. The van der Waals surface area contributed by atoms with Gasteiger partial charge in [-0.05, 0) is 6.92 Å². The van der Waals surface area contributed by atoms with Crippen LogP contribution in [0.5, 0.6) is 0 Å². The molecule has 0 aliphatic carbocycles. The number of halogens is 1. The van der Waals surface area contributed by atoms with Crippen molar-refractivity contribution in [3.63, 3.8) is 0 Å². The predicted octanol–water partition coefficient (Wildman–Crippen LogP) is 2.17. The van der Waals surface area contributed by atoms with E-state index in [0.29, 0.717) is 11.9 Å². The second-order valence-electron chi connectivity index (χ2n) is 3.04. The van der Waals surface area contributed by atoms with Crippen LogP contribution in [0.1, 0.15) is 5.69 Å². The smallest absolute Gasteiger partial charge is 0.416 e. The Kier molecular flexibility index (Phi) is 2.73. The van der Waals surface area contributed by atoms with E-state index < -0.39 is 0 Å². The third kappa shape index (κ3) is 1.76. The van der Waals surface area contributed by atoms with Crippen molar-refractivity contribution >= 4 is 38.5 Å². The first-order valence-electron chi connectivity index (χ1n) is 4.17. The van der Waals surface area contributed by atoms with Crippen molar-refractivity contribution in [2.45, 2.75) is 13.0 Å². The van der Waals surface area contributed by atoms with Crippen LogP contribution in [0.2, 0.25) is 0 Å². The van der Waals surface area contributed by atoms with Gasteiger partial charge >= 0.3 is 6.09 Å². The monoisotopic (exact) mass is 276 g/mol. The summed E-state index contributed by atoms with van der Waals surface area (Å²) in [4.78, 5) is 17.2. The minimum atomic E-state index is -0.302. The molecule has 2 heterocycles. The highest BCUT2D eigenvalue weighted by molar-refractivity contribution is 9.09. The number of hydrogen-bond acceptors (Lipinski definition) is 4. The molecule has 76 valence electrons. The van der Waals surface area contributed by atoms with Crippen LogP contribution in [-0.4, -0.2) is 29.1 Å². The van der Waals surface area contributed by atoms with Gasteiger partial charge < -0.3 is 4.74 Å². The first kappa shape index (κ1) is 9.92. The first-order chi connectivity index (χ1) is 6.70. The Morgan fingerprint density at radius 3 is 3.14 bits per heavy atom. The Hall–Kier alpha value is -0.620. The maximum absolute atomic E-state index is 11.4. The Morgan fingerprint density at radius 1 is 1.86 bits per heavy atom. The number of carbonyl (C=O) groups excluding carboxylic acids is 1. The summed E-state index contributed by atoms with van der Waals surface area (Å²) >= 11 is 4.75. The van der Waals surface area contributed by atoms with Gasteiger partial charge in [0.1, 0.15) is 6.10 Å². The summed E-state index contributed by atoms with van der Waals surface area (Å²) in [7, 11) is 0.